The largest absolute Gasteiger partial charge is 0.303 e. The van der Waals surface area contributed by atoms with E-state index in [0.29, 0.717) is 5.56 Å². The minimum Gasteiger partial charge on any atom is -0.303 e. The average molecular weight is 393 g/mol. The number of nitrogens with zero attached hydrogens (tertiary/aromatic N) is 2. The zero-order chi connectivity index (χ0) is 20.5. The van der Waals surface area contributed by atoms with Crippen LogP contribution in [0.25, 0.3) is 0 Å². The van der Waals surface area contributed by atoms with Crippen LogP contribution in [0.15, 0.2) is 54.6 Å². The van der Waals surface area contributed by atoms with Gasteiger partial charge in [-0.2, -0.15) is 5.26 Å². The van der Waals surface area contributed by atoms with Crippen molar-refractivity contribution < 1.29 is 4.39 Å². The summed E-state index contributed by atoms with van der Waals surface area (Å²) >= 11 is 0. The Morgan fingerprint density at radius 1 is 1.03 bits per heavy atom. The van der Waals surface area contributed by atoms with Gasteiger partial charge in [0, 0.05) is 12.1 Å². The Balaban J connectivity index is 1.65. The van der Waals surface area contributed by atoms with Gasteiger partial charge in [0.2, 0.25) is 0 Å². The first kappa shape index (κ1) is 21.5. The predicted molar refractivity (Wildman–Crippen MR) is 117 cm³/mol. The number of nitriles is 1. The smallest absolute Gasteiger partial charge is 0.128 e. The van der Waals surface area contributed by atoms with Gasteiger partial charge in [-0.3, -0.25) is 0 Å². The lowest BCUT2D eigenvalue weighted by Crippen LogP contribution is -2.40. The van der Waals surface area contributed by atoms with E-state index in [2.05, 4.69) is 48.2 Å². The molecule has 1 saturated carbocycles. The van der Waals surface area contributed by atoms with Gasteiger partial charge in [-0.15, -0.1) is 0 Å². The van der Waals surface area contributed by atoms with E-state index in [1.54, 1.807) is 6.07 Å². The van der Waals surface area contributed by atoms with Crippen molar-refractivity contribution in [3.8, 4) is 6.07 Å². The summed E-state index contributed by atoms with van der Waals surface area (Å²) in [6, 6.07) is 20.1. The first-order valence-corrected chi connectivity index (χ1v) is 11.1. The Bertz CT molecular complexity index is 794. The van der Waals surface area contributed by atoms with E-state index < -0.39 is 5.41 Å². The van der Waals surface area contributed by atoms with Crippen molar-refractivity contribution in [3.05, 3.63) is 71.5 Å². The average Bonchev–Trinajstić information content (AvgIpc) is 2.71. The second-order valence-electron chi connectivity index (χ2n) is 8.37. The van der Waals surface area contributed by atoms with E-state index in [1.165, 1.54) is 11.6 Å². The number of hydrogen-bond acceptors (Lipinski definition) is 2. The second kappa shape index (κ2) is 10.6. The molecule has 0 radical (unpaired) electrons. The molecule has 154 valence electrons. The van der Waals surface area contributed by atoms with Crippen molar-refractivity contribution in [2.75, 3.05) is 19.6 Å². The number of rotatable bonds is 11. The highest BCUT2D eigenvalue weighted by molar-refractivity contribution is 5.35. The first-order valence-electron chi connectivity index (χ1n) is 11.1. The highest BCUT2D eigenvalue weighted by Gasteiger charge is 2.44. The van der Waals surface area contributed by atoms with Gasteiger partial charge in [0.25, 0.3) is 0 Å². The normalized spacial score (nSPS) is 16.2. The third-order valence-corrected chi connectivity index (χ3v) is 6.50. The molecule has 0 saturated heterocycles. The molecule has 0 aliphatic heterocycles. The van der Waals surface area contributed by atoms with Crippen LogP contribution >= 0.6 is 0 Å². The molecule has 0 amide bonds. The van der Waals surface area contributed by atoms with Gasteiger partial charge in [0.15, 0.2) is 0 Å². The highest BCUT2D eigenvalue weighted by atomic mass is 19.1. The molecule has 2 aromatic rings. The Morgan fingerprint density at radius 3 is 2.38 bits per heavy atom. The monoisotopic (exact) mass is 392 g/mol. The maximum atomic E-state index is 14.6. The fraction of sp³-hybridized carbons (Fsp3) is 0.500. The quantitative estimate of drug-likeness (QED) is 0.460. The lowest BCUT2D eigenvalue weighted by atomic mass is 9.60. The molecule has 1 fully saturated rings. The second-order valence-corrected chi connectivity index (χ2v) is 8.37. The Morgan fingerprint density at radius 2 is 1.76 bits per heavy atom. The third kappa shape index (κ3) is 5.25. The van der Waals surface area contributed by atoms with Gasteiger partial charge in [-0.05, 0) is 69.2 Å². The molecule has 3 rings (SSSR count). The highest BCUT2D eigenvalue weighted by Crippen LogP contribution is 2.47. The molecule has 1 aliphatic rings. The van der Waals surface area contributed by atoms with Crippen molar-refractivity contribution >= 4 is 0 Å². The maximum absolute atomic E-state index is 14.6. The summed E-state index contributed by atoms with van der Waals surface area (Å²) in [5.74, 6) is 0.0591. The summed E-state index contributed by atoms with van der Waals surface area (Å²) in [6.07, 6.45) is 7.05. The molecule has 0 spiro atoms. The van der Waals surface area contributed by atoms with Crippen LogP contribution < -0.4 is 0 Å². The van der Waals surface area contributed by atoms with E-state index in [-0.39, 0.29) is 11.7 Å². The third-order valence-electron chi connectivity index (χ3n) is 6.50. The minimum absolute atomic E-state index is 0.226. The van der Waals surface area contributed by atoms with Gasteiger partial charge in [0.05, 0.1) is 11.5 Å². The molecule has 1 atom stereocenters. The molecular formula is C26H33FN2. The van der Waals surface area contributed by atoms with Gasteiger partial charge in [-0.25, -0.2) is 4.39 Å². The van der Waals surface area contributed by atoms with Crippen molar-refractivity contribution in [2.45, 2.75) is 57.3 Å². The van der Waals surface area contributed by atoms with Crippen molar-refractivity contribution in [1.82, 2.24) is 4.90 Å². The predicted octanol–water partition coefficient (Wildman–Crippen LogP) is 6.12. The molecule has 0 bridgehead atoms. The lowest BCUT2D eigenvalue weighted by Gasteiger charge is -2.41. The van der Waals surface area contributed by atoms with Gasteiger partial charge >= 0.3 is 0 Å². The van der Waals surface area contributed by atoms with Gasteiger partial charge < -0.3 is 4.90 Å². The Kier molecular flexibility index (Phi) is 7.83. The SMILES string of the molecule is CCCN(CCCC(C#N)(c1ccccc1F)C1CCC1)CCc1ccccc1. The van der Waals surface area contributed by atoms with Crippen LogP contribution in [0.4, 0.5) is 4.39 Å². The molecular weight excluding hydrogens is 359 g/mol. The molecule has 29 heavy (non-hydrogen) atoms. The van der Waals surface area contributed by atoms with Crippen LogP contribution in [0, 0.1) is 23.1 Å². The molecule has 2 aromatic carbocycles. The van der Waals surface area contributed by atoms with E-state index in [4.69, 9.17) is 0 Å². The van der Waals surface area contributed by atoms with Crippen LogP contribution in [0.1, 0.15) is 56.6 Å². The zero-order valence-electron chi connectivity index (χ0n) is 17.6. The summed E-state index contributed by atoms with van der Waals surface area (Å²) in [5.41, 5.74) is 1.29. The number of hydrogen-bond donors (Lipinski definition) is 0. The summed E-state index contributed by atoms with van der Waals surface area (Å²) in [7, 11) is 0. The molecule has 2 nitrogen and oxygen atoms in total. The summed E-state index contributed by atoms with van der Waals surface area (Å²) < 4.78 is 14.6. The van der Waals surface area contributed by atoms with Crippen molar-refractivity contribution in [3.63, 3.8) is 0 Å². The summed E-state index contributed by atoms with van der Waals surface area (Å²) in [5, 5.41) is 10.2. The molecule has 0 heterocycles. The van der Waals surface area contributed by atoms with Crippen LogP contribution in [0.2, 0.25) is 0 Å². The molecule has 1 unspecified atom stereocenters. The lowest BCUT2D eigenvalue weighted by molar-refractivity contribution is 0.181. The molecule has 0 N–H and O–H groups in total. The van der Waals surface area contributed by atoms with E-state index in [9.17, 15) is 9.65 Å². The Hall–Kier alpha value is -2.18. The topological polar surface area (TPSA) is 27.0 Å². The van der Waals surface area contributed by atoms with Gasteiger partial charge in [-0.1, -0.05) is 61.9 Å². The van der Waals surface area contributed by atoms with Crippen LogP contribution in [-0.4, -0.2) is 24.5 Å². The van der Waals surface area contributed by atoms with Crippen LogP contribution in [0.5, 0.6) is 0 Å². The standard InChI is InChI=1S/C26H33FN2/c1-2-18-29(20-16-22-10-4-3-5-11-22)19-9-17-26(21-28,23-12-8-13-23)24-14-6-7-15-25(24)27/h3-7,10-11,14-15,23H,2,8-9,12-13,16-20H2,1H3. The van der Waals surface area contributed by atoms with E-state index in [1.807, 2.05) is 12.1 Å². The van der Waals surface area contributed by atoms with Gasteiger partial charge in [0.1, 0.15) is 5.82 Å². The van der Waals surface area contributed by atoms with E-state index in [0.717, 1.165) is 64.6 Å². The van der Waals surface area contributed by atoms with Crippen LogP contribution in [-0.2, 0) is 11.8 Å². The summed E-state index contributed by atoms with van der Waals surface area (Å²) in [6.45, 7) is 5.27. The zero-order valence-corrected chi connectivity index (χ0v) is 17.6. The Labute approximate surface area is 175 Å². The molecule has 0 aromatic heterocycles. The van der Waals surface area contributed by atoms with Crippen LogP contribution in [0.3, 0.4) is 0 Å². The van der Waals surface area contributed by atoms with E-state index >= 15 is 0 Å². The fourth-order valence-corrected chi connectivity index (χ4v) is 4.66. The first-order chi connectivity index (χ1) is 14.2. The fourth-order valence-electron chi connectivity index (χ4n) is 4.66. The number of halogens is 1. The van der Waals surface area contributed by atoms with Crippen molar-refractivity contribution in [1.29, 1.82) is 5.26 Å². The summed E-state index contributed by atoms with van der Waals surface area (Å²) in [4.78, 5) is 2.50. The van der Waals surface area contributed by atoms with Crippen molar-refractivity contribution in [2.24, 2.45) is 5.92 Å². The molecule has 3 heteroatoms. The minimum atomic E-state index is -0.680. The maximum Gasteiger partial charge on any atom is 0.128 e. The number of benzene rings is 2. The molecule has 1 aliphatic carbocycles.